The Bertz CT molecular complexity index is 1630. The quantitative estimate of drug-likeness (QED) is 0.180. The minimum atomic E-state index is 0. The van der Waals surface area contributed by atoms with Gasteiger partial charge in [0, 0.05) is 16.7 Å². The van der Waals surface area contributed by atoms with E-state index in [-0.39, 0.29) is 41.4 Å². The van der Waals surface area contributed by atoms with Crippen LogP contribution in [-0.4, -0.2) is 29.3 Å². The summed E-state index contributed by atoms with van der Waals surface area (Å²) in [5.74, 6) is 0. The number of hydrogen-bond donors (Lipinski definition) is 0. The lowest BCUT2D eigenvalue weighted by atomic mass is 10.3. The van der Waals surface area contributed by atoms with Crippen molar-refractivity contribution in [2.75, 3.05) is 10.7 Å². The first-order valence-corrected chi connectivity index (χ1v) is 17.0. The van der Waals surface area contributed by atoms with Gasteiger partial charge in [-0.2, -0.15) is 0 Å². The van der Waals surface area contributed by atoms with Crippen molar-refractivity contribution in [3.05, 3.63) is 91.8 Å². The Kier molecular flexibility index (Phi) is 17.9. The van der Waals surface area contributed by atoms with E-state index in [0.29, 0.717) is 18.1 Å². The Morgan fingerprint density at radius 2 is 0.956 bits per heavy atom. The SMILES string of the molecule is BrCCBr.C.CC(C)n1c[n+](CC[n+]2cn(C(C)C)c3ccccc32)c2ccccc21.CC(C)n1cnc2ccccc21.[Br-].[Br-]. The van der Waals surface area contributed by atoms with Gasteiger partial charge in [0.2, 0.25) is 12.7 Å². The number of para-hydroxylation sites is 6. The molecule has 0 aliphatic heterocycles. The van der Waals surface area contributed by atoms with Crippen LogP contribution in [0.4, 0.5) is 0 Å². The molecule has 3 aromatic carbocycles. The summed E-state index contributed by atoms with van der Waals surface area (Å²) in [5.41, 5.74) is 7.50. The van der Waals surface area contributed by atoms with Crippen LogP contribution in [0.1, 0.15) is 67.1 Å². The first-order valence-electron chi connectivity index (χ1n) is 14.8. The number of hydrogen-bond acceptors (Lipinski definition) is 1. The first kappa shape index (κ1) is 41.0. The van der Waals surface area contributed by atoms with Crippen molar-refractivity contribution in [2.45, 2.75) is 80.2 Å². The number of halogens is 4. The maximum atomic E-state index is 4.30. The van der Waals surface area contributed by atoms with Gasteiger partial charge in [-0.25, -0.2) is 23.3 Å². The lowest BCUT2D eigenvalue weighted by Crippen LogP contribution is -3.00. The topological polar surface area (TPSA) is 35.4 Å². The molecule has 0 aliphatic carbocycles. The molecule has 0 amide bonds. The van der Waals surface area contributed by atoms with Gasteiger partial charge in [-0.05, 0) is 77.9 Å². The van der Waals surface area contributed by atoms with Gasteiger partial charge in [-0.1, -0.05) is 75.7 Å². The van der Waals surface area contributed by atoms with E-state index in [2.05, 4.69) is 168 Å². The molecular weight excluding hydrogens is 824 g/mol. The fourth-order valence-corrected chi connectivity index (χ4v) is 5.18. The fourth-order valence-electron chi connectivity index (χ4n) is 5.18. The molecule has 10 heteroatoms. The van der Waals surface area contributed by atoms with E-state index in [4.69, 9.17) is 0 Å². The van der Waals surface area contributed by atoms with Gasteiger partial charge in [0.05, 0.1) is 29.4 Å². The third-order valence-corrected chi connectivity index (χ3v) is 9.13. The van der Waals surface area contributed by atoms with Crippen LogP contribution in [-0.2, 0) is 13.1 Å². The van der Waals surface area contributed by atoms with Crippen LogP contribution in [0.2, 0.25) is 0 Å². The van der Waals surface area contributed by atoms with E-state index in [1.54, 1.807) is 0 Å². The zero-order valence-electron chi connectivity index (χ0n) is 26.4. The molecule has 0 N–H and O–H groups in total. The number of benzene rings is 3. The maximum Gasteiger partial charge on any atom is 0.245 e. The predicted octanol–water partition coefficient (Wildman–Crippen LogP) is 3.07. The maximum absolute atomic E-state index is 4.30. The summed E-state index contributed by atoms with van der Waals surface area (Å²) in [6.07, 6.45) is 6.42. The van der Waals surface area contributed by atoms with Gasteiger partial charge >= 0.3 is 0 Å². The molecule has 3 aromatic heterocycles. The molecule has 0 atom stereocenters. The standard InChI is InChI=1S/C22H28N4.C10H12N2.C2H4Br2.CH4.2BrH/c1-17(2)25-15-23(19-9-5-7-11-21(19)25)13-14-24-16-26(18(3)4)22-12-8-6-10-20(22)24;1-8(2)12-7-11-9-5-3-4-6-10(9)12;3-1-2-4;;;/h5-12,15-18H,13-14H2,1-4H3;3-8H,1-2H3;1-2H2;1H4;2*1H/q+2;;;;;/p-2. The highest BCUT2D eigenvalue weighted by molar-refractivity contribution is 9.11. The Morgan fingerprint density at radius 3 is 1.36 bits per heavy atom. The second-order valence-electron chi connectivity index (χ2n) is 11.2. The Balaban J connectivity index is 0.000000449. The molecule has 246 valence electrons. The van der Waals surface area contributed by atoms with Crippen molar-refractivity contribution in [3.63, 3.8) is 0 Å². The van der Waals surface area contributed by atoms with Crippen molar-refractivity contribution in [1.29, 1.82) is 0 Å². The van der Waals surface area contributed by atoms with Gasteiger partial charge in [0.1, 0.15) is 13.1 Å². The Hall–Kier alpha value is -2.01. The number of aryl methyl sites for hydroxylation is 2. The lowest BCUT2D eigenvalue weighted by molar-refractivity contribution is -0.755. The van der Waals surface area contributed by atoms with E-state index in [0.717, 1.165) is 29.3 Å². The molecular formula is C35H48Br4N6. The van der Waals surface area contributed by atoms with Crippen molar-refractivity contribution >= 4 is 65.0 Å². The van der Waals surface area contributed by atoms with Crippen molar-refractivity contribution in [3.8, 4) is 0 Å². The zero-order chi connectivity index (χ0) is 30.2. The third kappa shape index (κ3) is 9.99. The van der Waals surface area contributed by atoms with Gasteiger partial charge in [0.25, 0.3) is 0 Å². The molecule has 0 saturated carbocycles. The summed E-state index contributed by atoms with van der Waals surface area (Å²) in [7, 11) is 0. The van der Waals surface area contributed by atoms with Crippen LogP contribution < -0.4 is 43.1 Å². The molecule has 6 nitrogen and oxygen atoms in total. The molecule has 45 heavy (non-hydrogen) atoms. The van der Waals surface area contributed by atoms with Crippen LogP contribution in [0.25, 0.3) is 33.1 Å². The molecule has 3 heterocycles. The molecule has 6 aromatic rings. The van der Waals surface area contributed by atoms with Crippen LogP contribution in [0, 0.1) is 0 Å². The van der Waals surface area contributed by atoms with Crippen LogP contribution in [0.5, 0.6) is 0 Å². The molecule has 0 fully saturated rings. The third-order valence-electron chi connectivity index (χ3n) is 7.27. The van der Waals surface area contributed by atoms with Gasteiger partial charge in [-0.15, -0.1) is 0 Å². The van der Waals surface area contributed by atoms with Crippen molar-refractivity contribution < 1.29 is 43.1 Å². The predicted molar refractivity (Wildman–Crippen MR) is 189 cm³/mol. The summed E-state index contributed by atoms with van der Waals surface area (Å²) in [6.45, 7) is 15.2. The van der Waals surface area contributed by atoms with E-state index in [1.807, 2.05) is 24.5 Å². The monoisotopic (exact) mass is 868 g/mol. The number of aromatic nitrogens is 6. The number of nitrogens with zero attached hydrogens (tertiary/aromatic N) is 6. The van der Waals surface area contributed by atoms with Crippen molar-refractivity contribution in [1.82, 2.24) is 18.7 Å². The van der Waals surface area contributed by atoms with Crippen LogP contribution in [0.15, 0.2) is 91.8 Å². The molecule has 6 rings (SSSR count). The highest BCUT2D eigenvalue weighted by Gasteiger charge is 2.20. The summed E-state index contributed by atoms with van der Waals surface area (Å²) >= 11 is 6.40. The van der Waals surface area contributed by atoms with Crippen LogP contribution in [0.3, 0.4) is 0 Å². The fraction of sp³-hybridized carbons (Fsp3) is 0.400. The van der Waals surface area contributed by atoms with E-state index >= 15 is 0 Å². The average molecular weight is 872 g/mol. The minimum Gasteiger partial charge on any atom is -1.00 e. The molecule has 0 radical (unpaired) electrons. The number of imidazole rings is 3. The van der Waals surface area contributed by atoms with Crippen LogP contribution >= 0.6 is 31.9 Å². The van der Waals surface area contributed by atoms with Crippen molar-refractivity contribution in [2.24, 2.45) is 0 Å². The molecule has 0 aliphatic rings. The Labute approximate surface area is 307 Å². The number of rotatable bonds is 7. The van der Waals surface area contributed by atoms with Gasteiger partial charge < -0.3 is 38.5 Å². The molecule has 0 spiro atoms. The Morgan fingerprint density at radius 1 is 0.578 bits per heavy atom. The van der Waals surface area contributed by atoms with E-state index in [1.165, 1.54) is 27.6 Å². The second-order valence-corrected chi connectivity index (χ2v) is 12.8. The number of fused-ring (bicyclic) bond motifs is 3. The summed E-state index contributed by atoms with van der Waals surface area (Å²) in [6, 6.07) is 26.9. The van der Waals surface area contributed by atoms with Gasteiger partial charge in [-0.3, -0.25) is 0 Å². The normalized spacial score (nSPS) is 10.6. The summed E-state index contributed by atoms with van der Waals surface area (Å²) in [5, 5.41) is 2.10. The van der Waals surface area contributed by atoms with E-state index < -0.39 is 0 Å². The zero-order valence-corrected chi connectivity index (χ0v) is 32.8. The lowest BCUT2D eigenvalue weighted by Gasteiger charge is -2.06. The van der Waals surface area contributed by atoms with Gasteiger partial charge in [0.15, 0.2) is 22.1 Å². The largest absolute Gasteiger partial charge is 1.00 e. The van der Waals surface area contributed by atoms with E-state index in [9.17, 15) is 0 Å². The molecule has 0 bridgehead atoms. The minimum absolute atomic E-state index is 0. The molecule has 0 unspecified atom stereocenters. The molecule has 0 saturated heterocycles. The highest BCUT2D eigenvalue weighted by atomic mass is 79.9. The highest BCUT2D eigenvalue weighted by Crippen LogP contribution is 2.18. The first-order chi connectivity index (χ1) is 20.3. The number of alkyl halides is 2. The smallest absolute Gasteiger partial charge is 0.245 e. The summed E-state index contributed by atoms with van der Waals surface area (Å²) < 4.78 is 11.7. The second kappa shape index (κ2) is 19.6. The average Bonchev–Trinajstić information content (AvgIpc) is 3.70. The summed E-state index contributed by atoms with van der Waals surface area (Å²) in [4.78, 5) is 4.30.